The second-order valence-electron chi connectivity index (χ2n) is 5.80. The maximum atomic E-state index is 5.69. The number of hydrogen-bond acceptors (Lipinski definition) is 3. The highest BCUT2D eigenvalue weighted by molar-refractivity contribution is 5.24. The van der Waals surface area contributed by atoms with Crippen LogP contribution in [-0.2, 0) is 17.7 Å². The van der Waals surface area contributed by atoms with Crippen LogP contribution in [0, 0.1) is 13.8 Å². The van der Waals surface area contributed by atoms with Crippen molar-refractivity contribution in [1.29, 1.82) is 0 Å². The van der Waals surface area contributed by atoms with Gasteiger partial charge in [0.1, 0.15) is 0 Å². The van der Waals surface area contributed by atoms with Gasteiger partial charge < -0.3 is 10.1 Å². The zero-order valence-corrected chi connectivity index (χ0v) is 13.2. The molecule has 2 rings (SSSR count). The van der Waals surface area contributed by atoms with Gasteiger partial charge in [-0.15, -0.1) is 0 Å². The Morgan fingerprint density at radius 1 is 1.35 bits per heavy atom. The van der Waals surface area contributed by atoms with Gasteiger partial charge >= 0.3 is 0 Å². The second kappa shape index (κ2) is 7.79. The van der Waals surface area contributed by atoms with Crippen molar-refractivity contribution in [2.45, 2.75) is 65.5 Å². The average Bonchev–Trinajstić information content (AvgIpc) is 3.03. The Hall–Kier alpha value is -0.870. The van der Waals surface area contributed by atoms with E-state index < -0.39 is 0 Å². The van der Waals surface area contributed by atoms with E-state index in [-0.39, 0.29) is 0 Å². The van der Waals surface area contributed by atoms with Crippen LogP contribution in [0.4, 0.5) is 0 Å². The summed E-state index contributed by atoms with van der Waals surface area (Å²) in [6.45, 7) is 10.6. The van der Waals surface area contributed by atoms with Crippen LogP contribution in [0.15, 0.2) is 0 Å². The van der Waals surface area contributed by atoms with Crippen molar-refractivity contribution in [1.82, 2.24) is 15.1 Å². The first-order valence-corrected chi connectivity index (χ1v) is 8.07. The fraction of sp³-hybridized carbons (Fsp3) is 0.812. The van der Waals surface area contributed by atoms with Crippen LogP contribution >= 0.6 is 0 Å². The minimum atomic E-state index is 0.452. The van der Waals surface area contributed by atoms with Crippen molar-refractivity contribution in [3.63, 3.8) is 0 Å². The number of aryl methyl sites for hydroxylation is 2. The number of hydrogen-bond donors (Lipinski definition) is 1. The van der Waals surface area contributed by atoms with Gasteiger partial charge in [0.15, 0.2) is 0 Å². The summed E-state index contributed by atoms with van der Waals surface area (Å²) < 4.78 is 7.87. The Balaban J connectivity index is 1.86. The second-order valence-corrected chi connectivity index (χ2v) is 5.80. The number of ether oxygens (including phenoxy) is 1. The number of nitrogens with zero attached hydrogens (tertiary/aromatic N) is 2. The zero-order valence-electron chi connectivity index (χ0n) is 13.2. The van der Waals surface area contributed by atoms with Gasteiger partial charge in [-0.3, -0.25) is 4.68 Å². The first kappa shape index (κ1) is 15.5. The lowest BCUT2D eigenvalue weighted by Gasteiger charge is -2.10. The standard InChI is InChI=1S/C16H29N3O/c1-4-9-17-10-7-16-13(2)18-19(14(16)3)11-8-15-6-5-12-20-15/h15,17H,4-12H2,1-3H3. The third-order valence-electron chi connectivity index (χ3n) is 4.20. The maximum absolute atomic E-state index is 5.69. The van der Waals surface area contributed by atoms with Crippen molar-refractivity contribution in [2.24, 2.45) is 0 Å². The Morgan fingerprint density at radius 2 is 2.20 bits per heavy atom. The number of aromatic nitrogens is 2. The molecule has 1 N–H and O–H groups in total. The molecule has 4 heteroatoms. The fourth-order valence-electron chi connectivity index (χ4n) is 2.97. The predicted octanol–water partition coefficient (Wildman–Crippen LogP) is 2.61. The molecule has 2 heterocycles. The topological polar surface area (TPSA) is 39.1 Å². The van der Waals surface area contributed by atoms with Gasteiger partial charge in [0.05, 0.1) is 11.8 Å². The molecule has 0 aliphatic carbocycles. The summed E-state index contributed by atoms with van der Waals surface area (Å²) in [6, 6.07) is 0. The Bertz CT molecular complexity index is 408. The monoisotopic (exact) mass is 279 g/mol. The van der Waals surface area contributed by atoms with Crippen LogP contribution < -0.4 is 5.32 Å². The third-order valence-corrected chi connectivity index (χ3v) is 4.20. The highest BCUT2D eigenvalue weighted by atomic mass is 16.5. The van der Waals surface area contributed by atoms with E-state index in [0.717, 1.165) is 39.1 Å². The zero-order chi connectivity index (χ0) is 14.4. The Morgan fingerprint density at radius 3 is 2.90 bits per heavy atom. The lowest BCUT2D eigenvalue weighted by Crippen LogP contribution is -2.18. The van der Waals surface area contributed by atoms with Crippen LogP contribution in [0.2, 0.25) is 0 Å². The van der Waals surface area contributed by atoms with E-state index in [1.165, 1.54) is 36.2 Å². The molecular weight excluding hydrogens is 250 g/mol. The Kier molecular flexibility index (Phi) is 6.05. The van der Waals surface area contributed by atoms with E-state index in [1.54, 1.807) is 0 Å². The summed E-state index contributed by atoms with van der Waals surface area (Å²) in [4.78, 5) is 0. The van der Waals surface area contributed by atoms with E-state index in [4.69, 9.17) is 9.84 Å². The smallest absolute Gasteiger partial charge is 0.0628 e. The van der Waals surface area contributed by atoms with E-state index >= 15 is 0 Å². The molecular formula is C16H29N3O. The van der Waals surface area contributed by atoms with Crippen molar-refractivity contribution >= 4 is 0 Å². The first-order valence-electron chi connectivity index (χ1n) is 8.07. The molecule has 0 spiro atoms. The third kappa shape index (κ3) is 4.06. The van der Waals surface area contributed by atoms with Crippen molar-refractivity contribution in [3.8, 4) is 0 Å². The molecule has 1 aromatic rings. The summed E-state index contributed by atoms with van der Waals surface area (Å²) in [5.74, 6) is 0. The van der Waals surface area contributed by atoms with Crippen LogP contribution in [-0.4, -0.2) is 35.6 Å². The molecule has 1 aromatic heterocycles. The first-order chi connectivity index (χ1) is 9.72. The quantitative estimate of drug-likeness (QED) is 0.744. The number of nitrogens with one attached hydrogen (secondary N) is 1. The molecule has 0 radical (unpaired) electrons. The van der Waals surface area contributed by atoms with E-state index in [0.29, 0.717) is 6.10 Å². The fourth-order valence-corrected chi connectivity index (χ4v) is 2.97. The van der Waals surface area contributed by atoms with Crippen molar-refractivity contribution in [2.75, 3.05) is 19.7 Å². The van der Waals surface area contributed by atoms with Gasteiger partial charge in [-0.2, -0.15) is 5.10 Å². The van der Waals surface area contributed by atoms with Gasteiger partial charge in [-0.05, 0) is 64.6 Å². The highest BCUT2D eigenvalue weighted by Crippen LogP contribution is 2.18. The molecule has 0 aromatic carbocycles. The van der Waals surface area contributed by atoms with E-state index in [9.17, 15) is 0 Å². The van der Waals surface area contributed by atoms with Crippen LogP contribution in [0.25, 0.3) is 0 Å². The van der Waals surface area contributed by atoms with Crippen LogP contribution in [0.3, 0.4) is 0 Å². The molecule has 0 amide bonds. The van der Waals surface area contributed by atoms with Gasteiger partial charge in [-0.25, -0.2) is 0 Å². The lowest BCUT2D eigenvalue weighted by molar-refractivity contribution is 0.0992. The lowest BCUT2D eigenvalue weighted by atomic mass is 10.1. The number of rotatable bonds is 8. The summed E-state index contributed by atoms with van der Waals surface area (Å²) >= 11 is 0. The molecule has 1 fully saturated rings. The summed E-state index contributed by atoms with van der Waals surface area (Å²) in [7, 11) is 0. The average molecular weight is 279 g/mol. The van der Waals surface area contributed by atoms with Crippen LogP contribution in [0.5, 0.6) is 0 Å². The largest absolute Gasteiger partial charge is 0.378 e. The van der Waals surface area contributed by atoms with Crippen molar-refractivity contribution < 1.29 is 4.74 Å². The minimum Gasteiger partial charge on any atom is -0.378 e. The molecule has 4 nitrogen and oxygen atoms in total. The van der Waals surface area contributed by atoms with Gasteiger partial charge in [0.2, 0.25) is 0 Å². The van der Waals surface area contributed by atoms with Crippen LogP contribution in [0.1, 0.15) is 49.6 Å². The molecule has 1 aliphatic rings. The van der Waals surface area contributed by atoms with Gasteiger partial charge in [0.25, 0.3) is 0 Å². The van der Waals surface area contributed by atoms with Gasteiger partial charge in [0, 0.05) is 18.8 Å². The summed E-state index contributed by atoms with van der Waals surface area (Å²) in [6.07, 6.45) is 6.25. The molecule has 1 saturated heterocycles. The SMILES string of the molecule is CCCNCCc1c(C)nn(CCC2CCCO2)c1C. The molecule has 1 aliphatic heterocycles. The summed E-state index contributed by atoms with van der Waals surface area (Å²) in [5, 5.41) is 8.17. The summed E-state index contributed by atoms with van der Waals surface area (Å²) in [5.41, 5.74) is 3.94. The van der Waals surface area contributed by atoms with E-state index in [2.05, 4.69) is 30.8 Å². The normalized spacial score (nSPS) is 18.9. The van der Waals surface area contributed by atoms with Gasteiger partial charge in [-0.1, -0.05) is 6.92 Å². The molecule has 0 saturated carbocycles. The molecule has 1 unspecified atom stereocenters. The van der Waals surface area contributed by atoms with Crippen molar-refractivity contribution in [3.05, 3.63) is 17.0 Å². The molecule has 0 bridgehead atoms. The molecule has 1 atom stereocenters. The predicted molar refractivity (Wildman–Crippen MR) is 82.2 cm³/mol. The maximum Gasteiger partial charge on any atom is 0.0628 e. The Labute approximate surface area is 122 Å². The highest BCUT2D eigenvalue weighted by Gasteiger charge is 2.17. The molecule has 114 valence electrons. The molecule has 20 heavy (non-hydrogen) atoms. The van der Waals surface area contributed by atoms with E-state index in [1.807, 2.05) is 0 Å². The minimum absolute atomic E-state index is 0.452.